The number of carbonyl (C=O) groups excluding carboxylic acids is 2. The lowest BCUT2D eigenvalue weighted by Gasteiger charge is -2.35. The van der Waals surface area contributed by atoms with Gasteiger partial charge >= 0.3 is 0 Å². The molecule has 1 fully saturated rings. The predicted octanol–water partition coefficient (Wildman–Crippen LogP) is 0.906. The monoisotopic (exact) mass is 361 g/mol. The smallest absolute Gasteiger partial charge is 0.242 e. The van der Waals surface area contributed by atoms with Crippen molar-refractivity contribution in [3.05, 3.63) is 34.9 Å². The second-order valence-electron chi connectivity index (χ2n) is 5.26. The number of rotatable bonds is 5. The summed E-state index contributed by atoms with van der Waals surface area (Å²) in [5, 5.41) is 0.664. The van der Waals surface area contributed by atoms with Crippen LogP contribution in [-0.2, 0) is 20.9 Å². The minimum absolute atomic E-state index is 0. The van der Waals surface area contributed by atoms with E-state index >= 15 is 0 Å². The van der Waals surface area contributed by atoms with Gasteiger partial charge in [-0.05, 0) is 17.7 Å². The fraction of sp³-hybridized carbons (Fsp3) is 0.467. The van der Waals surface area contributed by atoms with Crippen molar-refractivity contribution in [3.63, 3.8) is 0 Å². The Morgan fingerprint density at radius 1 is 1.35 bits per heavy atom. The zero-order valence-electron chi connectivity index (χ0n) is 12.9. The van der Waals surface area contributed by atoms with Gasteiger partial charge < -0.3 is 20.3 Å². The number of hydrogen-bond donors (Lipinski definition) is 1. The van der Waals surface area contributed by atoms with Crippen molar-refractivity contribution in [3.8, 4) is 0 Å². The van der Waals surface area contributed by atoms with E-state index in [1.165, 1.54) is 12.0 Å². The molecule has 1 atom stereocenters. The number of amides is 2. The number of halogens is 2. The molecule has 0 saturated carbocycles. The molecular weight excluding hydrogens is 341 g/mol. The first-order valence-corrected chi connectivity index (χ1v) is 7.44. The zero-order chi connectivity index (χ0) is 16.1. The summed E-state index contributed by atoms with van der Waals surface area (Å²) in [4.78, 5) is 27.5. The van der Waals surface area contributed by atoms with Crippen molar-refractivity contribution in [1.82, 2.24) is 9.80 Å². The van der Waals surface area contributed by atoms with Crippen molar-refractivity contribution in [2.45, 2.75) is 12.6 Å². The standard InChI is InChI=1S/C15H20ClN3O3.ClH/c1-22-10-13(17)15(21)19-7-6-18(14(20)9-19)8-11-2-4-12(16)5-3-11;/h2-5,13H,6-10,17H2,1H3;1H. The first kappa shape index (κ1) is 19.7. The average Bonchev–Trinajstić information content (AvgIpc) is 2.51. The highest BCUT2D eigenvalue weighted by Gasteiger charge is 2.29. The summed E-state index contributed by atoms with van der Waals surface area (Å²) in [5.41, 5.74) is 6.73. The first-order chi connectivity index (χ1) is 10.5. The minimum Gasteiger partial charge on any atom is -0.383 e. The van der Waals surface area contributed by atoms with Gasteiger partial charge in [0.25, 0.3) is 0 Å². The molecule has 0 radical (unpaired) electrons. The van der Waals surface area contributed by atoms with Crippen LogP contribution in [0.4, 0.5) is 0 Å². The lowest BCUT2D eigenvalue weighted by molar-refractivity contribution is -0.147. The quantitative estimate of drug-likeness (QED) is 0.845. The highest BCUT2D eigenvalue weighted by Crippen LogP contribution is 2.13. The molecule has 128 valence electrons. The Balaban J connectivity index is 0.00000264. The molecule has 23 heavy (non-hydrogen) atoms. The molecule has 1 aliphatic heterocycles. The number of methoxy groups -OCH3 is 1. The molecule has 2 amide bonds. The van der Waals surface area contributed by atoms with Gasteiger partial charge in [-0.3, -0.25) is 9.59 Å². The summed E-state index contributed by atoms with van der Waals surface area (Å²) in [6.45, 7) is 1.70. The van der Waals surface area contributed by atoms with Gasteiger partial charge in [-0.15, -0.1) is 12.4 Å². The molecule has 1 unspecified atom stereocenters. The van der Waals surface area contributed by atoms with E-state index < -0.39 is 6.04 Å². The van der Waals surface area contributed by atoms with E-state index in [0.29, 0.717) is 24.7 Å². The van der Waals surface area contributed by atoms with Crippen LogP contribution >= 0.6 is 24.0 Å². The SMILES string of the molecule is COCC(N)C(=O)N1CCN(Cc2ccc(Cl)cc2)C(=O)C1.Cl. The second-order valence-corrected chi connectivity index (χ2v) is 5.70. The van der Waals surface area contributed by atoms with E-state index in [9.17, 15) is 9.59 Å². The maximum absolute atomic E-state index is 12.2. The van der Waals surface area contributed by atoms with Crippen LogP contribution in [0.5, 0.6) is 0 Å². The maximum atomic E-state index is 12.2. The topological polar surface area (TPSA) is 75.9 Å². The van der Waals surface area contributed by atoms with Gasteiger partial charge in [-0.2, -0.15) is 0 Å². The summed E-state index contributed by atoms with van der Waals surface area (Å²) < 4.78 is 4.87. The van der Waals surface area contributed by atoms with Crippen LogP contribution in [0.15, 0.2) is 24.3 Å². The van der Waals surface area contributed by atoms with Gasteiger partial charge in [0.2, 0.25) is 11.8 Å². The van der Waals surface area contributed by atoms with Crippen LogP contribution in [-0.4, -0.2) is 61.0 Å². The molecule has 0 bridgehead atoms. The minimum atomic E-state index is -0.722. The number of benzene rings is 1. The van der Waals surface area contributed by atoms with Crippen LogP contribution in [0.3, 0.4) is 0 Å². The van der Waals surface area contributed by atoms with Crippen molar-refractivity contribution in [2.24, 2.45) is 5.73 Å². The fourth-order valence-electron chi connectivity index (χ4n) is 2.36. The molecule has 1 saturated heterocycles. The molecule has 2 N–H and O–H groups in total. The van der Waals surface area contributed by atoms with Crippen LogP contribution in [0.1, 0.15) is 5.56 Å². The Morgan fingerprint density at radius 3 is 2.57 bits per heavy atom. The van der Waals surface area contributed by atoms with Crippen LogP contribution in [0.25, 0.3) is 0 Å². The fourth-order valence-corrected chi connectivity index (χ4v) is 2.49. The summed E-state index contributed by atoms with van der Waals surface area (Å²) in [6, 6.07) is 6.65. The van der Waals surface area contributed by atoms with Crippen molar-refractivity contribution < 1.29 is 14.3 Å². The number of piperazine rings is 1. The third-order valence-corrected chi connectivity index (χ3v) is 3.83. The van der Waals surface area contributed by atoms with E-state index in [1.807, 2.05) is 12.1 Å². The molecule has 1 aliphatic rings. The summed E-state index contributed by atoms with van der Waals surface area (Å²) in [7, 11) is 1.49. The molecule has 0 spiro atoms. The number of hydrogen-bond acceptors (Lipinski definition) is 4. The maximum Gasteiger partial charge on any atom is 0.242 e. The van der Waals surface area contributed by atoms with Crippen LogP contribution in [0.2, 0.25) is 5.02 Å². The Morgan fingerprint density at radius 2 is 2.00 bits per heavy atom. The predicted molar refractivity (Wildman–Crippen MR) is 90.5 cm³/mol. The molecule has 1 heterocycles. The normalized spacial score (nSPS) is 16.0. The number of carbonyl (C=O) groups is 2. The van der Waals surface area contributed by atoms with E-state index in [2.05, 4.69) is 0 Å². The highest BCUT2D eigenvalue weighted by atomic mass is 35.5. The number of nitrogens with two attached hydrogens (primary N) is 1. The molecule has 2 rings (SSSR count). The van der Waals surface area contributed by atoms with Gasteiger partial charge in [-0.1, -0.05) is 23.7 Å². The van der Waals surface area contributed by atoms with E-state index in [1.54, 1.807) is 17.0 Å². The van der Waals surface area contributed by atoms with Gasteiger partial charge in [-0.25, -0.2) is 0 Å². The largest absolute Gasteiger partial charge is 0.383 e. The molecule has 1 aromatic carbocycles. The number of ether oxygens (including phenoxy) is 1. The van der Waals surface area contributed by atoms with Crippen molar-refractivity contribution in [1.29, 1.82) is 0 Å². The highest BCUT2D eigenvalue weighted by molar-refractivity contribution is 6.30. The summed E-state index contributed by atoms with van der Waals surface area (Å²) in [6.07, 6.45) is 0. The summed E-state index contributed by atoms with van der Waals surface area (Å²) >= 11 is 5.85. The van der Waals surface area contributed by atoms with Gasteiger partial charge in [0.05, 0.1) is 13.2 Å². The molecular formula is C15H21Cl2N3O3. The van der Waals surface area contributed by atoms with Crippen molar-refractivity contribution >= 4 is 35.8 Å². The Kier molecular flexibility index (Phi) is 7.78. The molecule has 0 aliphatic carbocycles. The molecule has 0 aromatic heterocycles. The van der Waals surface area contributed by atoms with Crippen molar-refractivity contribution in [2.75, 3.05) is 33.4 Å². The third kappa shape index (κ3) is 5.35. The average molecular weight is 362 g/mol. The lowest BCUT2D eigenvalue weighted by atomic mass is 10.2. The van der Waals surface area contributed by atoms with Crippen LogP contribution in [0, 0.1) is 0 Å². The third-order valence-electron chi connectivity index (χ3n) is 3.58. The molecule has 6 nitrogen and oxygen atoms in total. The lowest BCUT2D eigenvalue weighted by Crippen LogP contribution is -2.56. The van der Waals surface area contributed by atoms with E-state index in [0.717, 1.165) is 5.56 Å². The summed E-state index contributed by atoms with van der Waals surface area (Å²) in [5.74, 6) is -0.333. The van der Waals surface area contributed by atoms with E-state index in [-0.39, 0.29) is 37.4 Å². The molecule has 8 heteroatoms. The Hall–Kier alpha value is -1.34. The van der Waals surface area contributed by atoms with Gasteiger partial charge in [0, 0.05) is 31.8 Å². The Bertz CT molecular complexity index is 539. The first-order valence-electron chi connectivity index (χ1n) is 7.07. The van der Waals surface area contributed by atoms with Gasteiger partial charge in [0.1, 0.15) is 6.04 Å². The Labute approximate surface area is 146 Å². The van der Waals surface area contributed by atoms with E-state index in [4.69, 9.17) is 22.1 Å². The van der Waals surface area contributed by atoms with Gasteiger partial charge in [0.15, 0.2) is 0 Å². The zero-order valence-corrected chi connectivity index (χ0v) is 14.5. The molecule has 1 aromatic rings. The second kappa shape index (κ2) is 9.08. The van der Waals surface area contributed by atoms with Crippen LogP contribution < -0.4 is 5.73 Å². The number of nitrogens with zero attached hydrogens (tertiary/aromatic N) is 2.